The summed E-state index contributed by atoms with van der Waals surface area (Å²) in [5.41, 5.74) is 5.94. The second-order valence-electron chi connectivity index (χ2n) is 3.67. The largest absolute Gasteiger partial charge is 0.382 e. The van der Waals surface area contributed by atoms with Gasteiger partial charge in [0.2, 0.25) is 0 Å². The van der Waals surface area contributed by atoms with Gasteiger partial charge in [-0.15, -0.1) is 0 Å². The van der Waals surface area contributed by atoms with Gasteiger partial charge in [-0.25, -0.2) is 4.98 Å². The molecule has 4 heteroatoms. The molecule has 0 radical (unpaired) electrons. The summed E-state index contributed by atoms with van der Waals surface area (Å²) in [5, 5.41) is 7.33. The number of nitrogens with zero attached hydrogens (tertiary/aromatic N) is 2. The van der Waals surface area contributed by atoms with Gasteiger partial charge in [-0.2, -0.15) is 0 Å². The average Bonchev–Trinajstić information content (AvgIpc) is 2.18. The van der Waals surface area contributed by atoms with Crippen LogP contribution in [0.1, 0.15) is 26.5 Å². The maximum atomic E-state index is 7.33. The van der Waals surface area contributed by atoms with E-state index in [2.05, 4.69) is 30.7 Å². The van der Waals surface area contributed by atoms with Gasteiger partial charge in [-0.1, -0.05) is 6.07 Å². The van der Waals surface area contributed by atoms with Crippen LogP contribution in [0.15, 0.2) is 18.2 Å². The van der Waals surface area contributed by atoms with Crippen LogP contribution >= 0.6 is 0 Å². The molecule has 1 aromatic heterocycles. The molecule has 1 aromatic rings. The first-order chi connectivity index (χ1) is 7.06. The van der Waals surface area contributed by atoms with Crippen LogP contribution < -0.4 is 10.6 Å². The van der Waals surface area contributed by atoms with Crippen molar-refractivity contribution in [2.45, 2.75) is 26.8 Å². The minimum atomic E-state index is 0.0108. The van der Waals surface area contributed by atoms with Gasteiger partial charge in [0.25, 0.3) is 0 Å². The molecule has 0 unspecified atom stereocenters. The zero-order valence-corrected chi connectivity index (χ0v) is 9.49. The van der Waals surface area contributed by atoms with Gasteiger partial charge in [0.15, 0.2) is 0 Å². The molecule has 1 rings (SSSR count). The average molecular weight is 206 g/mol. The number of hydrogen-bond donors (Lipinski definition) is 2. The topological polar surface area (TPSA) is 66.0 Å². The predicted molar refractivity (Wildman–Crippen MR) is 63.4 cm³/mol. The van der Waals surface area contributed by atoms with Crippen molar-refractivity contribution < 1.29 is 0 Å². The van der Waals surface area contributed by atoms with Crippen LogP contribution in [-0.4, -0.2) is 23.4 Å². The lowest BCUT2D eigenvalue weighted by molar-refractivity contribution is 0.693. The first kappa shape index (κ1) is 11.5. The van der Waals surface area contributed by atoms with Crippen molar-refractivity contribution in [3.8, 4) is 0 Å². The van der Waals surface area contributed by atoms with E-state index in [1.54, 1.807) is 6.07 Å². The van der Waals surface area contributed by atoms with Crippen molar-refractivity contribution in [3.63, 3.8) is 0 Å². The Labute approximate surface area is 90.6 Å². The van der Waals surface area contributed by atoms with Crippen molar-refractivity contribution in [3.05, 3.63) is 23.9 Å². The number of hydrogen-bond acceptors (Lipinski definition) is 3. The number of nitrogens with two attached hydrogens (primary N) is 1. The zero-order chi connectivity index (χ0) is 11.4. The molecular formula is C11H18N4. The lowest BCUT2D eigenvalue weighted by Gasteiger charge is -2.26. The molecule has 0 aliphatic carbocycles. The number of nitrogens with one attached hydrogen (secondary N) is 1. The Morgan fingerprint density at radius 2 is 2.20 bits per heavy atom. The molecule has 0 saturated carbocycles. The highest BCUT2D eigenvalue weighted by Gasteiger charge is 2.10. The molecule has 0 saturated heterocycles. The lowest BCUT2D eigenvalue weighted by atomic mass is 10.3. The Bertz CT molecular complexity index is 346. The Morgan fingerprint density at radius 1 is 1.53 bits per heavy atom. The third-order valence-electron chi connectivity index (χ3n) is 2.27. The molecule has 0 bridgehead atoms. The second kappa shape index (κ2) is 4.77. The van der Waals surface area contributed by atoms with Crippen LogP contribution in [0.4, 0.5) is 5.82 Å². The fraction of sp³-hybridized carbons (Fsp3) is 0.455. The molecule has 0 spiro atoms. The Balaban J connectivity index is 3.03. The maximum Gasteiger partial charge on any atom is 0.141 e. The molecule has 0 amide bonds. The highest BCUT2D eigenvalue weighted by molar-refractivity contribution is 5.93. The lowest BCUT2D eigenvalue weighted by Crippen LogP contribution is -2.31. The minimum absolute atomic E-state index is 0.0108. The fourth-order valence-corrected chi connectivity index (χ4v) is 1.52. The molecular weight excluding hydrogens is 188 g/mol. The van der Waals surface area contributed by atoms with Crippen LogP contribution in [0.2, 0.25) is 0 Å². The summed E-state index contributed by atoms with van der Waals surface area (Å²) >= 11 is 0. The van der Waals surface area contributed by atoms with Gasteiger partial charge < -0.3 is 10.6 Å². The van der Waals surface area contributed by atoms with Gasteiger partial charge in [0.05, 0.1) is 0 Å². The summed E-state index contributed by atoms with van der Waals surface area (Å²) in [7, 11) is 0. The number of nitrogen functional groups attached to an aromatic ring is 1. The summed E-state index contributed by atoms with van der Waals surface area (Å²) in [6, 6.07) is 5.96. The van der Waals surface area contributed by atoms with Gasteiger partial charge >= 0.3 is 0 Å². The van der Waals surface area contributed by atoms with Crippen LogP contribution in [0, 0.1) is 5.41 Å². The zero-order valence-electron chi connectivity index (χ0n) is 9.49. The normalized spacial score (nSPS) is 10.4. The van der Waals surface area contributed by atoms with Crippen molar-refractivity contribution in [2.24, 2.45) is 5.73 Å². The van der Waals surface area contributed by atoms with E-state index in [9.17, 15) is 0 Å². The standard InChI is InChI=1S/C11H18N4/c1-4-15(8(2)3)10-7-5-6-9(14-10)11(12)13/h5-8H,4H2,1-3H3,(H3,12,13). The van der Waals surface area contributed by atoms with E-state index >= 15 is 0 Å². The van der Waals surface area contributed by atoms with Gasteiger partial charge in [0, 0.05) is 12.6 Å². The summed E-state index contributed by atoms with van der Waals surface area (Å²) in [5.74, 6) is 0.886. The van der Waals surface area contributed by atoms with Crippen LogP contribution in [-0.2, 0) is 0 Å². The van der Waals surface area contributed by atoms with E-state index in [1.807, 2.05) is 12.1 Å². The van der Waals surface area contributed by atoms with E-state index in [4.69, 9.17) is 11.1 Å². The minimum Gasteiger partial charge on any atom is -0.382 e. The van der Waals surface area contributed by atoms with Crippen LogP contribution in [0.3, 0.4) is 0 Å². The highest BCUT2D eigenvalue weighted by Crippen LogP contribution is 2.13. The number of aromatic nitrogens is 1. The fourth-order valence-electron chi connectivity index (χ4n) is 1.52. The summed E-state index contributed by atoms with van der Waals surface area (Å²) < 4.78 is 0. The summed E-state index contributed by atoms with van der Waals surface area (Å²) in [4.78, 5) is 6.50. The number of pyridine rings is 1. The molecule has 15 heavy (non-hydrogen) atoms. The molecule has 3 N–H and O–H groups in total. The van der Waals surface area contributed by atoms with E-state index in [0.29, 0.717) is 11.7 Å². The quantitative estimate of drug-likeness (QED) is 0.581. The molecule has 0 aliphatic rings. The van der Waals surface area contributed by atoms with E-state index in [0.717, 1.165) is 12.4 Å². The highest BCUT2D eigenvalue weighted by atomic mass is 15.2. The molecule has 1 heterocycles. The first-order valence-corrected chi connectivity index (χ1v) is 5.14. The van der Waals surface area contributed by atoms with E-state index in [-0.39, 0.29) is 5.84 Å². The molecule has 82 valence electrons. The number of rotatable bonds is 4. The maximum absolute atomic E-state index is 7.33. The SMILES string of the molecule is CCN(c1cccc(C(=N)N)n1)C(C)C. The van der Waals surface area contributed by atoms with Crippen LogP contribution in [0.25, 0.3) is 0 Å². The predicted octanol–water partition coefficient (Wildman–Crippen LogP) is 1.60. The smallest absolute Gasteiger partial charge is 0.141 e. The molecule has 4 nitrogen and oxygen atoms in total. The van der Waals surface area contributed by atoms with Gasteiger partial charge in [-0.3, -0.25) is 5.41 Å². The van der Waals surface area contributed by atoms with Crippen molar-refractivity contribution in [2.75, 3.05) is 11.4 Å². The van der Waals surface area contributed by atoms with Crippen LogP contribution in [0.5, 0.6) is 0 Å². The Hall–Kier alpha value is -1.58. The number of anilines is 1. The van der Waals surface area contributed by atoms with E-state index in [1.165, 1.54) is 0 Å². The second-order valence-corrected chi connectivity index (χ2v) is 3.67. The van der Waals surface area contributed by atoms with Crippen molar-refractivity contribution in [1.82, 2.24) is 4.98 Å². The summed E-state index contributed by atoms with van der Waals surface area (Å²) in [6.07, 6.45) is 0. The Morgan fingerprint density at radius 3 is 2.67 bits per heavy atom. The molecule has 0 fully saturated rings. The van der Waals surface area contributed by atoms with Gasteiger partial charge in [-0.05, 0) is 32.9 Å². The third-order valence-corrected chi connectivity index (χ3v) is 2.27. The summed E-state index contributed by atoms with van der Waals surface area (Å²) in [6.45, 7) is 7.21. The monoisotopic (exact) mass is 206 g/mol. The van der Waals surface area contributed by atoms with Crippen molar-refractivity contribution >= 4 is 11.7 Å². The molecule has 0 aliphatic heterocycles. The number of amidine groups is 1. The Kier molecular flexibility index (Phi) is 3.66. The molecule has 0 aromatic carbocycles. The van der Waals surface area contributed by atoms with Crippen molar-refractivity contribution in [1.29, 1.82) is 5.41 Å². The van der Waals surface area contributed by atoms with Gasteiger partial charge in [0.1, 0.15) is 17.3 Å². The van der Waals surface area contributed by atoms with E-state index < -0.39 is 0 Å². The molecule has 0 atom stereocenters. The third kappa shape index (κ3) is 2.68. The first-order valence-electron chi connectivity index (χ1n) is 5.14.